The number of hydrogen-bond acceptors (Lipinski definition) is 4. The van der Waals surface area contributed by atoms with Gasteiger partial charge in [-0.05, 0) is 169 Å². The number of carbonyl (C=O) groups is 2. The lowest BCUT2D eigenvalue weighted by Gasteiger charge is -2.05. The molecule has 6 aromatic carbocycles. The van der Waals surface area contributed by atoms with Crippen LogP contribution in [0.25, 0.3) is 0 Å². The van der Waals surface area contributed by atoms with Crippen LogP contribution in [0.3, 0.4) is 0 Å². The molecule has 0 saturated heterocycles. The van der Waals surface area contributed by atoms with Crippen LogP contribution in [0.5, 0.6) is 0 Å². The van der Waals surface area contributed by atoms with Gasteiger partial charge in [0, 0.05) is 79.3 Å². The maximum atomic E-state index is 11.4. The first-order valence-electron chi connectivity index (χ1n) is 20.8. The van der Waals surface area contributed by atoms with Crippen molar-refractivity contribution >= 4 is 33.8 Å². The van der Waals surface area contributed by atoms with Gasteiger partial charge in [0.1, 0.15) is 0 Å². The van der Waals surface area contributed by atoms with Crippen molar-refractivity contribution in [3.63, 3.8) is 0 Å². The van der Waals surface area contributed by atoms with Crippen LogP contribution < -0.4 is 0 Å². The second-order valence-electron chi connectivity index (χ2n) is 14.4. The average molecular weight is 839 g/mol. The summed E-state index contributed by atoms with van der Waals surface area (Å²) in [7, 11) is 0. The summed E-state index contributed by atoms with van der Waals surface area (Å²) < 4.78 is 0. The van der Waals surface area contributed by atoms with Crippen molar-refractivity contribution in [2.24, 2.45) is 0 Å². The van der Waals surface area contributed by atoms with Gasteiger partial charge in [0.2, 0.25) is 0 Å². The van der Waals surface area contributed by atoms with E-state index in [-0.39, 0.29) is 10.2 Å². The number of hydrogen-bond donors (Lipinski definition) is 0. The van der Waals surface area contributed by atoms with Crippen molar-refractivity contribution in [1.29, 1.82) is 0 Å². The molecule has 0 amide bonds. The summed E-state index contributed by atoms with van der Waals surface area (Å²) in [4.78, 5) is 24.6. The summed E-state index contributed by atoms with van der Waals surface area (Å²) in [6, 6.07) is 40.5. The minimum atomic E-state index is 0.0691. The third-order valence-corrected chi connectivity index (χ3v) is 11.5. The Hall–Kier alpha value is -6.84. The van der Waals surface area contributed by atoms with Crippen LogP contribution in [-0.2, 0) is 35.3 Å². The minimum absolute atomic E-state index is 0.0691. The number of benzene rings is 6. The van der Waals surface area contributed by atoms with Crippen molar-refractivity contribution in [1.82, 2.24) is 0 Å². The van der Waals surface area contributed by atoms with Crippen molar-refractivity contribution in [2.75, 3.05) is 0 Å². The van der Waals surface area contributed by atoms with Crippen LogP contribution in [0, 0.1) is 59.2 Å². The lowest BCUT2D eigenvalue weighted by Crippen LogP contribution is -1.92. The van der Waals surface area contributed by atoms with Crippen molar-refractivity contribution in [3.8, 4) is 59.2 Å². The number of rotatable bonds is 6. The monoisotopic (exact) mass is 838 g/mol. The van der Waals surface area contributed by atoms with Gasteiger partial charge in [-0.1, -0.05) is 110 Å². The molecule has 0 spiro atoms. The highest BCUT2D eigenvalue weighted by atomic mass is 32.2. The third kappa shape index (κ3) is 12.8. The van der Waals surface area contributed by atoms with E-state index < -0.39 is 0 Å². The Balaban J connectivity index is 1.13. The van der Waals surface area contributed by atoms with Gasteiger partial charge in [0.15, 0.2) is 10.2 Å². The molecule has 0 aliphatic heterocycles. The fourth-order valence-corrected chi connectivity index (χ4v) is 7.80. The highest BCUT2D eigenvalue weighted by Crippen LogP contribution is 2.21. The Kier molecular flexibility index (Phi) is 16.0. The highest BCUT2D eigenvalue weighted by Gasteiger charge is 2.05. The van der Waals surface area contributed by atoms with E-state index in [2.05, 4.69) is 148 Å². The molecule has 6 rings (SSSR count). The summed E-state index contributed by atoms with van der Waals surface area (Å²) in [6.07, 6.45) is 3.41. The van der Waals surface area contributed by atoms with Gasteiger partial charge in [-0.15, -0.1) is 0 Å². The van der Waals surface area contributed by atoms with Crippen LogP contribution in [0.4, 0.5) is 0 Å². The van der Waals surface area contributed by atoms with Gasteiger partial charge in [0.25, 0.3) is 0 Å². The van der Waals surface area contributed by atoms with Crippen LogP contribution in [0.2, 0.25) is 0 Å². The van der Waals surface area contributed by atoms with Gasteiger partial charge in [-0.25, -0.2) is 0 Å². The van der Waals surface area contributed by atoms with Gasteiger partial charge in [0.05, 0.1) is 0 Å². The molecule has 0 aliphatic carbocycles. The maximum absolute atomic E-state index is 11.4. The van der Waals surface area contributed by atoms with Crippen molar-refractivity contribution in [2.45, 2.75) is 77.0 Å². The Morgan fingerprint density at radius 2 is 0.565 bits per heavy atom. The first kappa shape index (κ1) is 44.7. The molecule has 4 heteroatoms. The Labute approximate surface area is 376 Å². The number of aryl methyl sites for hydroxylation is 4. The second kappa shape index (κ2) is 22.1. The van der Waals surface area contributed by atoms with Crippen molar-refractivity contribution in [3.05, 3.63) is 199 Å². The van der Waals surface area contributed by atoms with Gasteiger partial charge in [-0.3, -0.25) is 9.59 Å². The van der Waals surface area contributed by atoms with E-state index in [0.29, 0.717) is 0 Å². The minimum Gasteiger partial charge on any atom is -0.287 e. The molecule has 0 radical (unpaired) electrons. The summed E-state index contributed by atoms with van der Waals surface area (Å²) in [5.41, 5.74) is 14.3. The van der Waals surface area contributed by atoms with Crippen LogP contribution in [0.15, 0.2) is 131 Å². The van der Waals surface area contributed by atoms with Crippen LogP contribution in [-0.4, -0.2) is 10.2 Å². The summed E-state index contributed by atoms with van der Waals surface area (Å²) >= 11 is 2.45. The Morgan fingerprint density at radius 3 is 0.823 bits per heavy atom. The number of thioether (sulfide) groups is 2. The van der Waals surface area contributed by atoms with Crippen LogP contribution in [0.1, 0.15) is 119 Å². The summed E-state index contributed by atoms with van der Waals surface area (Å²) in [5.74, 6) is 33.5. The molecule has 2 nitrogen and oxygen atoms in total. The molecular weight excluding hydrogens is 793 g/mol. The zero-order chi connectivity index (χ0) is 43.8. The van der Waals surface area contributed by atoms with Gasteiger partial charge in [-0.2, -0.15) is 0 Å². The Bertz CT molecular complexity index is 2970. The molecule has 0 N–H and O–H groups in total. The van der Waals surface area contributed by atoms with Crippen LogP contribution >= 0.6 is 23.5 Å². The molecule has 0 aromatic heterocycles. The predicted molar refractivity (Wildman–Crippen MR) is 259 cm³/mol. The van der Waals surface area contributed by atoms with E-state index in [1.165, 1.54) is 34.7 Å². The van der Waals surface area contributed by atoms with E-state index in [1.54, 1.807) is 13.8 Å². The molecule has 0 saturated carbocycles. The average Bonchev–Trinajstić information content (AvgIpc) is 3.29. The molecule has 0 unspecified atom stereocenters. The predicted octanol–water partition coefficient (Wildman–Crippen LogP) is 12.2. The smallest absolute Gasteiger partial charge is 0.190 e. The molecule has 0 bridgehead atoms. The van der Waals surface area contributed by atoms with E-state index >= 15 is 0 Å². The highest BCUT2D eigenvalue weighted by molar-refractivity contribution is 8.13. The van der Waals surface area contributed by atoms with Gasteiger partial charge >= 0.3 is 0 Å². The largest absolute Gasteiger partial charge is 0.287 e. The molecule has 0 aliphatic rings. The lowest BCUT2D eigenvalue weighted by molar-refractivity contribution is -0.109. The topological polar surface area (TPSA) is 34.1 Å². The van der Waals surface area contributed by atoms with E-state index in [1.807, 2.05) is 60.7 Å². The summed E-state index contributed by atoms with van der Waals surface area (Å²) in [6.45, 7) is 11.7. The lowest BCUT2D eigenvalue weighted by atomic mass is 9.99. The standard InChI is InChI=1S/C58H46O2S2/c1-7-49-37-45(12-11-43-21-33-57(34-22-43)61-41(5)59)14-26-54(49)28-16-47-18-30-56(51(9-3)39-47)32-20-48-19-31-55(52(10-4)40-48)29-17-46-15-27-53(50(8-2)38-46)25-13-44-23-35-58(36-24-44)62-42(6)60/h14-15,18-19,21-24,26-27,30-31,33-40H,7-10H2,1-6H3. The van der Waals surface area contributed by atoms with Gasteiger partial charge < -0.3 is 0 Å². The normalized spacial score (nSPS) is 9.97. The SMILES string of the molecule is CCc1cc(C#Cc2ccc(C#Cc3ccc(C#Cc4ccc(C#Cc5ccc(SC(C)=O)cc5)cc4CC)cc3CC)cc2CC)ccc1C#Cc1ccc(SC(C)=O)cc1. The third-order valence-electron chi connectivity index (χ3n) is 9.89. The van der Waals surface area contributed by atoms with E-state index in [4.69, 9.17) is 0 Å². The summed E-state index contributed by atoms with van der Waals surface area (Å²) in [5, 5.41) is 0.139. The molecule has 0 heterocycles. The molecule has 0 fully saturated rings. The zero-order valence-electron chi connectivity index (χ0n) is 36.0. The quantitative estimate of drug-likeness (QED) is 0.124. The molecular formula is C58H46O2S2. The number of carbonyl (C=O) groups excluding carboxylic acids is 2. The first-order chi connectivity index (χ1) is 30.1. The van der Waals surface area contributed by atoms with Crippen molar-refractivity contribution < 1.29 is 9.59 Å². The fraction of sp³-hybridized carbons (Fsp3) is 0.172. The maximum Gasteiger partial charge on any atom is 0.190 e. The van der Waals surface area contributed by atoms with E-state index in [0.717, 1.165) is 102 Å². The second-order valence-corrected chi connectivity index (χ2v) is 16.9. The van der Waals surface area contributed by atoms with E-state index in [9.17, 15) is 9.59 Å². The first-order valence-corrected chi connectivity index (χ1v) is 22.4. The molecule has 0 atom stereocenters. The zero-order valence-corrected chi connectivity index (χ0v) is 37.6. The molecule has 62 heavy (non-hydrogen) atoms. The Morgan fingerprint density at radius 1 is 0.339 bits per heavy atom. The molecule has 6 aromatic rings. The fourth-order valence-electron chi connectivity index (χ4n) is 6.59. The molecule has 302 valence electrons.